The quantitative estimate of drug-likeness (QED) is 0.905. The van der Waals surface area contributed by atoms with E-state index in [1.54, 1.807) is 12.1 Å². The minimum Gasteiger partial charge on any atom is -0.494 e. The van der Waals surface area contributed by atoms with Crippen LogP contribution in [0.15, 0.2) is 18.2 Å². The number of hydrogen-bond acceptors (Lipinski definition) is 3. The molecule has 1 saturated heterocycles. The van der Waals surface area contributed by atoms with E-state index in [2.05, 4.69) is 5.32 Å². The molecule has 4 heteroatoms. The summed E-state index contributed by atoms with van der Waals surface area (Å²) in [7, 11) is 1.48. The van der Waals surface area contributed by atoms with Crippen molar-refractivity contribution in [2.75, 3.05) is 19.0 Å². The van der Waals surface area contributed by atoms with E-state index in [-0.39, 0.29) is 23.3 Å². The summed E-state index contributed by atoms with van der Waals surface area (Å²) in [5, 5.41) is 3.34. The summed E-state index contributed by atoms with van der Waals surface area (Å²) in [5.41, 5.74) is 1.03. The minimum absolute atomic E-state index is 0.158. The van der Waals surface area contributed by atoms with E-state index in [1.807, 2.05) is 0 Å². The van der Waals surface area contributed by atoms with Gasteiger partial charge in [-0.2, -0.15) is 0 Å². The Hall–Kier alpha value is -1.29. The van der Waals surface area contributed by atoms with Gasteiger partial charge in [0, 0.05) is 18.3 Å². The van der Waals surface area contributed by atoms with Crippen molar-refractivity contribution in [3.05, 3.63) is 24.0 Å². The van der Waals surface area contributed by atoms with Crippen LogP contribution < -0.4 is 10.1 Å². The fourth-order valence-electron chi connectivity index (χ4n) is 3.60. The standard InChI is InChI=1S/C17H24FNO2/c1-20-16-11-13(5-6-15(16)18)19-12-14-7-10-17(21-14)8-3-2-4-9-17/h5-6,11,14,19H,2-4,7-10,12H2,1H3. The van der Waals surface area contributed by atoms with Crippen LogP contribution in [0.25, 0.3) is 0 Å². The summed E-state index contributed by atoms with van der Waals surface area (Å²) in [6.07, 6.45) is 8.95. The molecule has 1 unspecified atom stereocenters. The van der Waals surface area contributed by atoms with Gasteiger partial charge in [-0.1, -0.05) is 19.3 Å². The highest BCUT2D eigenvalue weighted by atomic mass is 19.1. The molecule has 1 heterocycles. The fraction of sp³-hybridized carbons (Fsp3) is 0.647. The summed E-state index contributed by atoms with van der Waals surface area (Å²) in [5.74, 6) is -0.0579. The van der Waals surface area contributed by atoms with Gasteiger partial charge in [0.05, 0.1) is 18.8 Å². The maximum Gasteiger partial charge on any atom is 0.165 e. The van der Waals surface area contributed by atoms with Crippen LogP contribution in [-0.2, 0) is 4.74 Å². The monoisotopic (exact) mass is 293 g/mol. The largest absolute Gasteiger partial charge is 0.494 e. The highest BCUT2D eigenvalue weighted by Crippen LogP contribution is 2.41. The number of methoxy groups -OCH3 is 1. The Balaban J connectivity index is 1.54. The third kappa shape index (κ3) is 3.31. The van der Waals surface area contributed by atoms with Crippen LogP contribution in [0.5, 0.6) is 5.75 Å². The summed E-state index contributed by atoms with van der Waals surface area (Å²) < 4.78 is 24.7. The van der Waals surface area contributed by atoms with E-state index in [9.17, 15) is 4.39 Å². The normalized spacial score (nSPS) is 24.2. The molecule has 0 aromatic heterocycles. The fourth-order valence-corrected chi connectivity index (χ4v) is 3.60. The topological polar surface area (TPSA) is 30.5 Å². The highest BCUT2D eigenvalue weighted by molar-refractivity contribution is 5.48. The number of benzene rings is 1. The van der Waals surface area contributed by atoms with Crippen molar-refractivity contribution in [2.24, 2.45) is 0 Å². The van der Waals surface area contributed by atoms with Crippen LogP contribution in [0.1, 0.15) is 44.9 Å². The van der Waals surface area contributed by atoms with Crippen molar-refractivity contribution in [3.8, 4) is 5.75 Å². The Labute approximate surface area is 125 Å². The van der Waals surface area contributed by atoms with Crippen molar-refractivity contribution in [1.82, 2.24) is 0 Å². The Morgan fingerprint density at radius 3 is 2.86 bits per heavy atom. The number of hydrogen-bond donors (Lipinski definition) is 1. The molecule has 1 atom stereocenters. The molecule has 2 aliphatic rings. The molecule has 2 fully saturated rings. The Morgan fingerprint density at radius 1 is 1.29 bits per heavy atom. The molecule has 1 aliphatic carbocycles. The molecule has 0 amide bonds. The summed E-state index contributed by atoms with van der Waals surface area (Å²) in [6.45, 7) is 0.774. The maximum atomic E-state index is 13.4. The molecule has 0 bridgehead atoms. The van der Waals surface area contributed by atoms with Crippen LogP contribution in [0, 0.1) is 5.82 Å². The number of nitrogens with one attached hydrogen (secondary N) is 1. The number of halogens is 1. The molecule has 1 saturated carbocycles. The van der Waals surface area contributed by atoms with E-state index in [0.717, 1.165) is 18.7 Å². The Bertz CT molecular complexity index is 486. The summed E-state index contributed by atoms with van der Waals surface area (Å²) >= 11 is 0. The maximum absolute atomic E-state index is 13.4. The molecule has 3 nitrogen and oxygen atoms in total. The zero-order valence-corrected chi connectivity index (χ0v) is 12.7. The van der Waals surface area contributed by atoms with Crippen LogP contribution in [0.4, 0.5) is 10.1 Å². The summed E-state index contributed by atoms with van der Waals surface area (Å²) in [6, 6.07) is 4.86. The first-order valence-corrected chi connectivity index (χ1v) is 7.96. The second-order valence-electron chi connectivity index (χ2n) is 6.25. The minimum atomic E-state index is -0.332. The van der Waals surface area contributed by atoms with Gasteiger partial charge in [-0.3, -0.25) is 0 Å². The van der Waals surface area contributed by atoms with Crippen molar-refractivity contribution in [3.63, 3.8) is 0 Å². The molecule has 1 aromatic carbocycles. The average Bonchev–Trinajstić information content (AvgIpc) is 2.90. The van der Waals surface area contributed by atoms with Gasteiger partial charge >= 0.3 is 0 Å². The van der Waals surface area contributed by atoms with Crippen LogP contribution >= 0.6 is 0 Å². The molecular weight excluding hydrogens is 269 g/mol. The van der Waals surface area contributed by atoms with Crippen molar-refractivity contribution in [1.29, 1.82) is 0 Å². The lowest BCUT2D eigenvalue weighted by molar-refractivity contribution is -0.0588. The van der Waals surface area contributed by atoms with E-state index < -0.39 is 0 Å². The molecular formula is C17H24FNO2. The van der Waals surface area contributed by atoms with Crippen molar-refractivity contribution >= 4 is 5.69 Å². The van der Waals surface area contributed by atoms with Crippen LogP contribution in [0.3, 0.4) is 0 Å². The SMILES string of the molecule is COc1cc(NCC2CCC3(CCCCC3)O2)ccc1F. The second kappa shape index (κ2) is 6.22. The van der Waals surface area contributed by atoms with E-state index in [1.165, 1.54) is 51.7 Å². The molecule has 1 aliphatic heterocycles. The lowest BCUT2D eigenvalue weighted by Crippen LogP contribution is -2.33. The molecule has 3 rings (SSSR count). The summed E-state index contributed by atoms with van der Waals surface area (Å²) in [4.78, 5) is 0. The smallest absolute Gasteiger partial charge is 0.165 e. The average molecular weight is 293 g/mol. The van der Waals surface area contributed by atoms with Gasteiger partial charge in [-0.05, 0) is 37.8 Å². The van der Waals surface area contributed by atoms with Crippen LogP contribution in [-0.4, -0.2) is 25.4 Å². The molecule has 1 aromatic rings. The molecule has 1 N–H and O–H groups in total. The Kier molecular flexibility index (Phi) is 4.34. The Morgan fingerprint density at radius 2 is 2.10 bits per heavy atom. The number of anilines is 1. The zero-order valence-electron chi connectivity index (χ0n) is 12.7. The first-order chi connectivity index (χ1) is 10.2. The van der Waals surface area contributed by atoms with Crippen molar-refractivity contribution < 1.29 is 13.9 Å². The van der Waals surface area contributed by atoms with Gasteiger partial charge < -0.3 is 14.8 Å². The van der Waals surface area contributed by atoms with Crippen molar-refractivity contribution in [2.45, 2.75) is 56.7 Å². The predicted molar refractivity (Wildman–Crippen MR) is 81.4 cm³/mol. The second-order valence-corrected chi connectivity index (χ2v) is 6.25. The molecule has 116 valence electrons. The van der Waals surface area contributed by atoms with Crippen LogP contribution in [0.2, 0.25) is 0 Å². The number of rotatable bonds is 4. The van der Waals surface area contributed by atoms with Gasteiger partial charge in [0.25, 0.3) is 0 Å². The van der Waals surface area contributed by atoms with Gasteiger partial charge in [-0.25, -0.2) is 4.39 Å². The van der Waals surface area contributed by atoms with Gasteiger partial charge in [0.1, 0.15) is 0 Å². The van der Waals surface area contributed by atoms with E-state index in [0.29, 0.717) is 0 Å². The number of ether oxygens (including phenoxy) is 2. The third-order valence-electron chi connectivity index (χ3n) is 4.79. The van der Waals surface area contributed by atoms with Gasteiger partial charge in [0.2, 0.25) is 0 Å². The molecule has 1 spiro atoms. The highest BCUT2D eigenvalue weighted by Gasteiger charge is 2.40. The lowest BCUT2D eigenvalue weighted by Gasteiger charge is -2.33. The first-order valence-electron chi connectivity index (χ1n) is 7.96. The van der Waals surface area contributed by atoms with Gasteiger partial charge in [-0.15, -0.1) is 0 Å². The first kappa shape index (κ1) is 14.6. The zero-order chi connectivity index (χ0) is 14.7. The van der Waals surface area contributed by atoms with E-state index >= 15 is 0 Å². The van der Waals surface area contributed by atoms with Gasteiger partial charge in [0.15, 0.2) is 11.6 Å². The third-order valence-corrected chi connectivity index (χ3v) is 4.79. The molecule has 21 heavy (non-hydrogen) atoms. The molecule has 0 radical (unpaired) electrons. The van der Waals surface area contributed by atoms with E-state index in [4.69, 9.17) is 9.47 Å². The predicted octanol–water partition coefficient (Wildman–Crippen LogP) is 4.13. The lowest BCUT2D eigenvalue weighted by atomic mass is 9.83.